The fourth-order valence-electron chi connectivity index (χ4n) is 2.78. The molecule has 2 aliphatic rings. The standard InChI is InChI=1S/C12H16N2O2/c1-8-10(9(2)15)11-14(13-8)6-12(7-16-11)4-3-5-12/h3-7H2,1-2H3. The van der Waals surface area contributed by atoms with Gasteiger partial charge in [-0.05, 0) is 26.7 Å². The van der Waals surface area contributed by atoms with Gasteiger partial charge in [0.2, 0.25) is 5.88 Å². The molecule has 1 spiro atoms. The Bertz CT molecular complexity index is 458. The Labute approximate surface area is 94.6 Å². The smallest absolute Gasteiger partial charge is 0.223 e. The van der Waals surface area contributed by atoms with Gasteiger partial charge in [0.05, 0.1) is 18.8 Å². The number of carbonyl (C=O) groups is 1. The highest BCUT2D eigenvalue weighted by Crippen LogP contribution is 2.46. The minimum absolute atomic E-state index is 0.0447. The van der Waals surface area contributed by atoms with Crippen molar-refractivity contribution in [1.82, 2.24) is 9.78 Å². The fourth-order valence-corrected chi connectivity index (χ4v) is 2.78. The summed E-state index contributed by atoms with van der Waals surface area (Å²) in [6.45, 7) is 5.11. The minimum Gasteiger partial charge on any atom is -0.477 e. The molecule has 1 aromatic rings. The number of Topliss-reactive ketones (excluding diaryl/α,β-unsaturated/α-hetero) is 1. The van der Waals surface area contributed by atoms with Crippen molar-refractivity contribution in [3.8, 4) is 5.88 Å². The lowest BCUT2D eigenvalue weighted by Crippen LogP contribution is -2.43. The zero-order valence-corrected chi connectivity index (χ0v) is 9.75. The summed E-state index contributed by atoms with van der Waals surface area (Å²) < 4.78 is 7.66. The maximum atomic E-state index is 11.5. The van der Waals surface area contributed by atoms with Crippen molar-refractivity contribution in [2.45, 2.75) is 39.7 Å². The molecule has 0 unspecified atom stereocenters. The molecule has 4 heteroatoms. The summed E-state index contributed by atoms with van der Waals surface area (Å²) in [5.74, 6) is 0.728. The highest BCUT2D eigenvalue weighted by molar-refractivity contribution is 5.97. The number of hydrogen-bond acceptors (Lipinski definition) is 3. The zero-order valence-electron chi connectivity index (χ0n) is 9.75. The summed E-state index contributed by atoms with van der Waals surface area (Å²) in [6, 6.07) is 0. The quantitative estimate of drug-likeness (QED) is 0.679. The van der Waals surface area contributed by atoms with Crippen LogP contribution < -0.4 is 4.74 Å². The summed E-state index contributed by atoms with van der Waals surface area (Å²) in [5.41, 5.74) is 1.76. The van der Waals surface area contributed by atoms with Crippen LogP contribution in [0.1, 0.15) is 42.2 Å². The zero-order chi connectivity index (χ0) is 11.3. The summed E-state index contributed by atoms with van der Waals surface area (Å²) in [4.78, 5) is 11.5. The van der Waals surface area contributed by atoms with Gasteiger partial charge in [-0.25, -0.2) is 4.68 Å². The Kier molecular flexibility index (Phi) is 1.91. The summed E-state index contributed by atoms with van der Waals surface area (Å²) in [5, 5.41) is 4.42. The Morgan fingerprint density at radius 2 is 2.25 bits per heavy atom. The molecule has 0 saturated heterocycles. The predicted molar refractivity (Wildman–Crippen MR) is 58.7 cm³/mol. The molecule has 86 valence electrons. The van der Waals surface area contributed by atoms with E-state index in [1.54, 1.807) is 6.92 Å². The highest BCUT2D eigenvalue weighted by Gasteiger charge is 2.43. The molecule has 1 saturated carbocycles. The van der Waals surface area contributed by atoms with Crippen LogP contribution in [0.15, 0.2) is 0 Å². The number of ketones is 1. The van der Waals surface area contributed by atoms with Gasteiger partial charge in [0.15, 0.2) is 5.78 Å². The van der Waals surface area contributed by atoms with Gasteiger partial charge >= 0.3 is 0 Å². The number of carbonyl (C=O) groups excluding carboxylic acids is 1. The van der Waals surface area contributed by atoms with E-state index in [1.165, 1.54) is 19.3 Å². The molecule has 0 radical (unpaired) electrons. The molecule has 1 fully saturated rings. The van der Waals surface area contributed by atoms with E-state index in [2.05, 4.69) is 5.10 Å². The first-order valence-electron chi connectivity index (χ1n) is 5.82. The van der Waals surface area contributed by atoms with Crippen LogP contribution in [0.5, 0.6) is 5.88 Å². The van der Waals surface area contributed by atoms with Crippen molar-refractivity contribution in [1.29, 1.82) is 0 Å². The van der Waals surface area contributed by atoms with E-state index in [4.69, 9.17) is 4.74 Å². The van der Waals surface area contributed by atoms with Gasteiger partial charge in [-0.1, -0.05) is 6.42 Å². The lowest BCUT2D eigenvalue weighted by Gasteiger charge is -2.44. The van der Waals surface area contributed by atoms with Crippen molar-refractivity contribution in [2.24, 2.45) is 5.41 Å². The summed E-state index contributed by atoms with van der Waals surface area (Å²) >= 11 is 0. The number of nitrogens with zero attached hydrogens (tertiary/aromatic N) is 2. The highest BCUT2D eigenvalue weighted by atomic mass is 16.5. The van der Waals surface area contributed by atoms with E-state index in [0.29, 0.717) is 16.9 Å². The maximum absolute atomic E-state index is 11.5. The molecule has 0 aromatic carbocycles. The maximum Gasteiger partial charge on any atom is 0.223 e. The molecular weight excluding hydrogens is 204 g/mol. The average molecular weight is 220 g/mol. The first-order chi connectivity index (χ1) is 7.61. The number of aromatic nitrogens is 2. The van der Waals surface area contributed by atoms with Crippen LogP contribution in [0.3, 0.4) is 0 Å². The average Bonchev–Trinajstić information content (AvgIpc) is 2.49. The van der Waals surface area contributed by atoms with Crippen LogP contribution in [0.4, 0.5) is 0 Å². The third-order valence-electron chi connectivity index (χ3n) is 3.85. The van der Waals surface area contributed by atoms with E-state index in [9.17, 15) is 4.79 Å². The third-order valence-corrected chi connectivity index (χ3v) is 3.85. The monoisotopic (exact) mass is 220 g/mol. The van der Waals surface area contributed by atoms with Gasteiger partial charge in [0.1, 0.15) is 5.56 Å². The Morgan fingerprint density at radius 1 is 1.50 bits per heavy atom. The molecule has 2 heterocycles. The van der Waals surface area contributed by atoms with Crippen LogP contribution in [0.25, 0.3) is 0 Å². The normalized spacial score (nSPS) is 21.1. The number of rotatable bonds is 1. The van der Waals surface area contributed by atoms with Crippen LogP contribution in [-0.2, 0) is 6.54 Å². The fraction of sp³-hybridized carbons (Fsp3) is 0.667. The minimum atomic E-state index is 0.0447. The molecule has 3 rings (SSSR count). The molecule has 0 N–H and O–H groups in total. The van der Waals surface area contributed by atoms with Gasteiger partial charge in [-0.2, -0.15) is 5.10 Å². The second kappa shape index (κ2) is 3.09. The van der Waals surface area contributed by atoms with Gasteiger partial charge in [0, 0.05) is 5.41 Å². The summed E-state index contributed by atoms with van der Waals surface area (Å²) in [7, 11) is 0. The Hall–Kier alpha value is -1.32. The Morgan fingerprint density at radius 3 is 2.81 bits per heavy atom. The topological polar surface area (TPSA) is 44.1 Å². The number of ether oxygens (including phenoxy) is 1. The van der Waals surface area contributed by atoms with Crippen LogP contribution in [0.2, 0.25) is 0 Å². The van der Waals surface area contributed by atoms with Crippen LogP contribution in [-0.4, -0.2) is 22.2 Å². The predicted octanol–water partition coefficient (Wildman–Crippen LogP) is 1.96. The molecule has 1 aliphatic carbocycles. The van der Waals surface area contributed by atoms with Gasteiger partial charge < -0.3 is 4.74 Å². The second-order valence-corrected chi connectivity index (χ2v) is 5.12. The molecule has 1 aliphatic heterocycles. The molecule has 4 nitrogen and oxygen atoms in total. The Balaban J connectivity index is 2.01. The van der Waals surface area contributed by atoms with Gasteiger partial charge in [0.25, 0.3) is 0 Å². The molecular formula is C12H16N2O2. The third kappa shape index (κ3) is 1.22. The molecule has 0 atom stereocenters. The van der Waals surface area contributed by atoms with E-state index < -0.39 is 0 Å². The van der Waals surface area contributed by atoms with Gasteiger partial charge in [-0.3, -0.25) is 4.79 Å². The van der Waals surface area contributed by atoms with Crippen molar-refractivity contribution in [3.63, 3.8) is 0 Å². The number of hydrogen-bond donors (Lipinski definition) is 0. The van der Waals surface area contributed by atoms with Crippen molar-refractivity contribution < 1.29 is 9.53 Å². The van der Waals surface area contributed by atoms with E-state index in [1.807, 2.05) is 11.6 Å². The van der Waals surface area contributed by atoms with E-state index in [0.717, 1.165) is 18.8 Å². The van der Waals surface area contributed by atoms with Crippen LogP contribution in [0, 0.1) is 12.3 Å². The first-order valence-corrected chi connectivity index (χ1v) is 5.82. The largest absolute Gasteiger partial charge is 0.477 e. The number of fused-ring (bicyclic) bond motifs is 1. The van der Waals surface area contributed by atoms with E-state index in [-0.39, 0.29) is 5.78 Å². The SMILES string of the molecule is CC(=O)c1c(C)nn2c1OCC1(CCC1)C2. The molecule has 0 amide bonds. The second-order valence-electron chi connectivity index (χ2n) is 5.12. The molecule has 1 aromatic heterocycles. The van der Waals surface area contributed by atoms with E-state index >= 15 is 0 Å². The lowest BCUT2D eigenvalue weighted by molar-refractivity contribution is 0.00142. The van der Waals surface area contributed by atoms with Crippen molar-refractivity contribution in [3.05, 3.63) is 11.3 Å². The molecule has 16 heavy (non-hydrogen) atoms. The van der Waals surface area contributed by atoms with Crippen molar-refractivity contribution in [2.75, 3.05) is 6.61 Å². The van der Waals surface area contributed by atoms with Crippen LogP contribution >= 0.6 is 0 Å². The molecule has 0 bridgehead atoms. The van der Waals surface area contributed by atoms with Gasteiger partial charge in [-0.15, -0.1) is 0 Å². The number of aryl methyl sites for hydroxylation is 1. The lowest BCUT2D eigenvalue weighted by atomic mass is 9.69. The van der Waals surface area contributed by atoms with Crippen molar-refractivity contribution >= 4 is 5.78 Å². The first kappa shape index (κ1) is 9.87. The summed E-state index contributed by atoms with van der Waals surface area (Å²) in [6.07, 6.45) is 3.74.